The van der Waals surface area contributed by atoms with Gasteiger partial charge in [-0.3, -0.25) is 9.59 Å². The van der Waals surface area contributed by atoms with Gasteiger partial charge in [-0.1, -0.05) is 11.6 Å². The van der Waals surface area contributed by atoms with E-state index >= 15 is 4.39 Å². The van der Waals surface area contributed by atoms with E-state index in [1.807, 2.05) is 37.7 Å². The number of anilines is 2. The van der Waals surface area contributed by atoms with Crippen LogP contribution in [0.1, 0.15) is 88.2 Å². The first-order valence-corrected chi connectivity index (χ1v) is 23.7. The molecule has 2 unspecified atom stereocenters. The summed E-state index contributed by atoms with van der Waals surface area (Å²) in [7, 11) is 4.02. The molecular formula is C48H61ClF2N6O14. The summed E-state index contributed by atoms with van der Waals surface area (Å²) >= 11 is 5.33. The second kappa shape index (κ2) is 22.8. The van der Waals surface area contributed by atoms with Crippen molar-refractivity contribution in [2.45, 2.75) is 91.5 Å². The number of ether oxygens (including phenoxy) is 7. The lowest BCUT2D eigenvalue weighted by molar-refractivity contribution is -0.0867. The largest absolute Gasteiger partial charge is 0.511 e. The molecule has 23 heteroatoms. The summed E-state index contributed by atoms with van der Waals surface area (Å²) in [6.07, 6.45) is -0.853. The van der Waals surface area contributed by atoms with Crippen molar-refractivity contribution < 1.29 is 66.2 Å². The average molecular weight is 1020 g/mol. The van der Waals surface area contributed by atoms with Gasteiger partial charge in [0.1, 0.15) is 35.7 Å². The molecule has 0 aliphatic carbocycles. The van der Waals surface area contributed by atoms with E-state index in [2.05, 4.69) is 19.3 Å². The molecule has 4 aromatic rings. The number of alkyl halides is 1. The van der Waals surface area contributed by atoms with Gasteiger partial charge in [0.25, 0.3) is 0 Å². The van der Waals surface area contributed by atoms with Crippen molar-refractivity contribution in [1.29, 1.82) is 0 Å². The number of carbonyl (C=O) groups is 4. The lowest BCUT2D eigenvalue weighted by Crippen LogP contribution is -2.45. The zero-order valence-corrected chi connectivity index (χ0v) is 42.2. The highest BCUT2D eigenvalue weighted by molar-refractivity contribution is 6.19. The summed E-state index contributed by atoms with van der Waals surface area (Å²) in [5, 5.41) is 9.38. The number of carbonyl (C=O) groups excluding carboxylic acids is 3. The summed E-state index contributed by atoms with van der Waals surface area (Å²) in [4.78, 5) is 80.5. The standard InChI is InChI=1S/C24H30FN3O7.C18H20FN3O4.C6H11ClO3/c1-13(2)33-24(31)35-15(4)34-23(30)17-11-28-14(3)12-32-22-19(28)16(21(17)29)10-18(25)20(22)27-8-6-26(5)7-9-27;1-10-9-26-17-14-11(16(23)12(18(24)25)8-22(10)14)7-13(19)15(17)21-5-3-20(2)4-6-21;1-4(2)9-6(8)10-5(3)7/h10-11,13-15H,6-9,12H2,1-5H3;7-8,10H,3-6,9H2,1-2H3,(H,24,25);4-5H,1-3H3/t14-,15?;10-;/m00./s1. The Labute approximate surface area is 413 Å². The van der Waals surface area contributed by atoms with Gasteiger partial charge in [-0.25, -0.2) is 28.0 Å². The van der Waals surface area contributed by atoms with E-state index in [-0.39, 0.29) is 53.3 Å². The quantitative estimate of drug-likeness (QED) is 0.0812. The molecule has 20 nitrogen and oxygen atoms in total. The summed E-state index contributed by atoms with van der Waals surface area (Å²) in [6.45, 7) is 19.6. The number of nitrogens with zero attached hydrogens (tertiary/aromatic N) is 6. The van der Waals surface area contributed by atoms with Crippen LogP contribution in [0.3, 0.4) is 0 Å². The molecule has 2 aromatic heterocycles. The normalized spacial score (nSPS) is 18.5. The molecule has 4 aliphatic rings. The minimum atomic E-state index is -1.32. The molecule has 1 N–H and O–H groups in total. The zero-order valence-electron chi connectivity index (χ0n) is 41.4. The molecule has 4 aliphatic heterocycles. The van der Waals surface area contributed by atoms with E-state index < -0.39 is 64.7 Å². The van der Waals surface area contributed by atoms with Crippen LogP contribution >= 0.6 is 11.6 Å². The number of hydrogen-bond acceptors (Lipinski definition) is 17. The van der Waals surface area contributed by atoms with Gasteiger partial charge in [-0.2, -0.15) is 0 Å². The number of aromatic carboxylic acids is 1. The van der Waals surface area contributed by atoms with Crippen LogP contribution in [0.5, 0.6) is 11.5 Å². The third-order valence-corrected chi connectivity index (χ3v) is 11.9. The van der Waals surface area contributed by atoms with Crippen molar-refractivity contribution in [2.24, 2.45) is 0 Å². The summed E-state index contributed by atoms with van der Waals surface area (Å²) in [6, 6.07) is 1.93. The van der Waals surface area contributed by atoms with E-state index in [9.17, 15) is 38.3 Å². The Morgan fingerprint density at radius 3 is 1.42 bits per heavy atom. The van der Waals surface area contributed by atoms with Crippen LogP contribution in [0.15, 0.2) is 34.1 Å². The summed E-state index contributed by atoms with van der Waals surface area (Å²) in [5.41, 5.74) is -1.08. The number of rotatable bonds is 9. The monoisotopic (exact) mass is 1020 g/mol. The lowest BCUT2D eigenvalue weighted by Gasteiger charge is -2.37. The maximum atomic E-state index is 15.4. The van der Waals surface area contributed by atoms with Crippen LogP contribution in [0.4, 0.5) is 29.7 Å². The van der Waals surface area contributed by atoms with Gasteiger partial charge in [0.15, 0.2) is 28.7 Å². The number of halogens is 3. The molecular weight excluding hydrogens is 958 g/mol. The second-order valence-corrected chi connectivity index (χ2v) is 18.8. The van der Waals surface area contributed by atoms with Gasteiger partial charge >= 0.3 is 24.2 Å². The Kier molecular flexibility index (Phi) is 17.3. The van der Waals surface area contributed by atoms with Gasteiger partial charge < -0.3 is 67.0 Å². The molecule has 0 radical (unpaired) electrons. The predicted octanol–water partition coefficient (Wildman–Crippen LogP) is 6.59. The Morgan fingerprint density at radius 2 is 1.03 bits per heavy atom. The van der Waals surface area contributed by atoms with Crippen LogP contribution < -0.4 is 30.1 Å². The van der Waals surface area contributed by atoms with Crippen molar-refractivity contribution in [2.75, 3.05) is 89.5 Å². The number of likely N-dealkylation sites (N-methyl/N-ethyl adjacent to an activating group) is 2. The third-order valence-electron chi connectivity index (χ3n) is 11.8. The van der Waals surface area contributed by atoms with Crippen LogP contribution in [-0.4, -0.2) is 152 Å². The average Bonchev–Trinajstić information content (AvgIpc) is 3.27. The first-order chi connectivity index (χ1) is 33.5. The third kappa shape index (κ3) is 12.4. The first-order valence-electron chi connectivity index (χ1n) is 23.2. The highest BCUT2D eigenvalue weighted by Crippen LogP contribution is 2.43. The molecule has 2 saturated heterocycles. The van der Waals surface area contributed by atoms with Gasteiger partial charge in [0.05, 0.1) is 46.1 Å². The molecule has 388 valence electrons. The van der Waals surface area contributed by atoms with Crippen LogP contribution in [0.2, 0.25) is 0 Å². The smallest absolute Gasteiger partial charge is 0.487 e. The number of benzene rings is 2. The molecule has 2 aromatic carbocycles. The SMILES string of the molecule is CC(C)OC(=O)OC(C)Cl.CC(C)OC(=O)OC(C)OC(=O)c1cn2c3c(c(N4CCN(C)CC4)c(F)cc3c1=O)OC[C@@H]2C.C[C@H]1COc2c(N3CCN(C)CC3)c(F)cc3c(=O)c(C(=O)O)cn1c23. The maximum absolute atomic E-state index is 15.4. The number of esters is 1. The number of hydrogen-bond donors (Lipinski definition) is 1. The first kappa shape index (κ1) is 54.0. The molecule has 0 bridgehead atoms. The number of carboxylic acids is 1. The van der Waals surface area contributed by atoms with Crippen molar-refractivity contribution in [3.8, 4) is 11.5 Å². The number of carboxylic acid groups (broad SMARTS) is 1. The van der Waals surface area contributed by atoms with E-state index in [1.165, 1.54) is 19.3 Å². The molecule has 0 saturated carbocycles. The van der Waals surface area contributed by atoms with Crippen LogP contribution in [0.25, 0.3) is 21.8 Å². The fraction of sp³-hybridized carbons (Fsp3) is 0.542. The highest BCUT2D eigenvalue weighted by atomic mass is 35.5. The Balaban J connectivity index is 0.000000201. The predicted molar refractivity (Wildman–Crippen MR) is 259 cm³/mol. The van der Waals surface area contributed by atoms with Crippen LogP contribution in [-0.2, 0) is 23.7 Å². The molecule has 2 fully saturated rings. The second-order valence-electron chi connectivity index (χ2n) is 18.2. The fourth-order valence-electron chi connectivity index (χ4n) is 8.32. The zero-order chi connectivity index (χ0) is 52.2. The molecule has 0 spiro atoms. The maximum Gasteiger partial charge on any atom is 0.511 e. The highest BCUT2D eigenvalue weighted by Gasteiger charge is 2.34. The van der Waals surface area contributed by atoms with Crippen molar-refractivity contribution in [1.82, 2.24) is 18.9 Å². The van der Waals surface area contributed by atoms with E-state index in [0.29, 0.717) is 60.1 Å². The van der Waals surface area contributed by atoms with Crippen molar-refractivity contribution in [3.63, 3.8) is 0 Å². The Bertz CT molecular complexity index is 2760. The Hall–Kier alpha value is -6.39. The minimum absolute atomic E-state index is 0.0177. The fourth-order valence-corrected chi connectivity index (χ4v) is 8.39. The Morgan fingerprint density at radius 1 is 0.634 bits per heavy atom. The lowest BCUT2D eigenvalue weighted by atomic mass is 10.1. The summed E-state index contributed by atoms with van der Waals surface area (Å²) < 4.78 is 69.6. The molecule has 6 heterocycles. The number of piperazine rings is 2. The van der Waals surface area contributed by atoms with E-state index in [1.54, 1.807) is 43.8 Å². The van der Waals surface area contributed by atoms with Gasteiger partial charge in [-0.15, -0.1) is 0 Å². The molecule has 8 rings (SSSR count). The van der Waals surface area contributed by atoms with Crippen molar-refractivity contribution >= 4 is 69.0 Å². The number of aromatic nitrogens is 2. The van der Waals surface area contributed by atoms with E-state index in [4.69, 9.17) is 35.3 Å². The topological polar surface area (TPSA) is 210 Å². The van der Waals surface area contributed by atoms with Crippen LogP contribution in [0, 0.1) is 11.6 Å². The molecule has 4 atom stereocenters. The summed E-state index contributed by atoms with van der Waals surface area (Å²) in [5.74, 6) is -2.82. The van der Waals surface area contributed by atoms with E-state index in [0.717, 1.165) is 38.3 Å². The minimum Gasteiger partial charge on any atom is -0.487 e. The van der Waals surface area contributed by atoms with Gasteiger partial charge in [-0.05, 0) is 74.7 Å². The number of pyridine rings is 2. The van der Waals surface area contributed by atoms with Gasteiger partial charge in [0.2, 0.25) is 17.1 Å². The van der Waals surface area contributed by atoms with Gasteiger partial charge in [0, 0.05) is 71.7 Å². The molecule has 71 heavy (non-hydrogen) atoms. The van der Waals surface area contributed by atoms with Crippen molar-refractivity contribution in [3.05, 3.63) is 67.7 Å². The molecule has 0 amide bonds.